The second-order valence-corrected chi connectivity index (χ2v) is 12.1. The molecule has 0 radical (unpaired) electrons. The fourth-order valence-corrected chi connectivity index (χ4v) is 7.82. The maximum absolute atomic E-state index is 6.45. The summed E-state index contributed by atoms with van der Waals surface area (Å²) in [6.45, 7) is 0. The van der Waals surface area contributed by atoms with Crippen molar-refractivity contribution < 1.29 is 4.42 Å². The summed E-state index contributed by atoms with van der Waals surface area (Å²) in [6.07, 6.45) is 0. The molecule has 4 nitrogen and oxygen atoms in total. The first kappa shape index (κ1) is 24.1. The van der Waals surface area contributed by atoms with E-state index in [9.17, 15) is 0 Å². The first-order valence-electron chi connectivity index (χ1n) is 15.6. The Morgan fingerprint density at radius 2 is 1.22 bits per heavy atom. The van der Waals surface area contributed by atoms with Crippen LogP contribution in [0.15, 0.2) is 144 Å². The van der Waals surface area contributed by atoms with Crippen LogP contribution in [0.3, 0.4) is 0 Å². The van der Waals surface area contributed by atoms with Gasteiger partial charge in [0, 0.05) is 27.1 Å². The van der Waals surface area contributed by atoms with Crippen molar-refractivity contribution in [2.24, 2.45) is 0 Å². The predicted molar refractivity (Wildman–Crippen MR) is 189 cm³/mol. The van der Waals surface area contributed by atoms with Crippen molar-refractivity contribution in [2.75, 3.05) is 0 Å². The Hall–Kier alpha value is -6.26. The average Bonchev–Trinajstić information content (AvgIpc) is 3.77. The first-order valence-corrected chi connectivity index (χ1v) is 15.6. The van der Waals surface area contributed by atoms with Gasteiger partial charge in [0.1, 0.15) is 16.8 Å². The van der Waals surface area contributed by atoms with Crippen LogP contribution in [-0.2, 0) is 0 Å². The summed E-state index contributed by atoms with van der Waals surface area (Å²) in [5, 5.41) is 8.30. The van der Waals surface area contributed by atoms with Gasteiger partial charge in [0.15, 0.2) is 5.58 Å². The van der Waals surface area contributed by atoms with Gasteiger partial charge in [-0.1, -0.05) is 115 Å². The van der Waals surface area contributed by atoms with E-state index in [0.717, 1.165) is 38.8 Å². The highest BCUT2D eigenvalue weighted by molar-refractivity contribution is 6.31. The molecular weight excluding hydrogens is 562 g/mol. The van der Waals surface area contributed by atoms with Crippen LogP contribution in [0.5, 0.6) is 0 Å². The molecule has 0 spiro atoms. The fraction of sp³-hybridized carbons (Fsp3) is 0. The zero-order valence-electron chi connectivity index (χ0n) is 24.5. The molecule has 0 amide bonds. The van der Waals surface area contributed by atoms with E-state index in [1.165, 1.54) is 54.6 Å². The van der Waals surface area contributed by atoms with Crippen LogP contribution in [0.4, 0.5) is 0 Å². The smallest absolute Gasteiger partial charge is 0.236 e. The highest BCUT2D eigenvalue weighted by Gasteiger charge is 2.27. The van der Waals surface area contributed by atoms with Crippen LogP contribution in [0.2, 0.25) is 0 Å². The van der Waals surface area contributed by atoms with E-state index in [2.05, 4.69) is 108 Å². The normalized spacial score (nSPS) is 12.3. The van der Waals surface area contributed by atoms with Crippen LogP contribution in [0.25, 0.3) is 105 Å². The van der Waals surface area contributed by atoms with E-state index in [1.807, 2.05) is 36.4 Å². The molecule has 0 aliphatic heterocycles. The van der Waals surface area contributed by atoms with Crippen molar-refractivity contribution in [3.05, 3.63) is 140 Å². The Bertz CT molecular complexity index is 2910. The molecule has 1 aliphatic rings. The molecule has 4 heteroatoms. The molecule has 0 unspecified atom stereocenters. The third-order valence-electron chi connectivity index (χ3n) is 9.74. The van der Waals surface area contributed by atoms with Gasteiger partial charge in [-0.05, 0) is 62.7 Å². The molecule has 1 aliphatic carbocycles. The van der Waals surface area contributed by atoms with E-state index in [-0.39, 0.29) is 0 Å². The van der Waals surface area contributed by atoms with Crippen LogP contribution in [0.1, 0.15) is 0 Å². The number of rotatable bonds is 2. The van der Waals surface area contributed by atoms with Gasteiger partial charge in [0.25, 0.3) is 0 Å². The average molecular weight is 586 g/mol. The van der Waals surface area contributed by atoms with Gasteiger partial charge >= 0.3 is 0 Å². The number of fused-ring (bicyclic) bond motifs is 12. The summed E-state index contributed by atoms with van der Waals surface area (Å²) in [5.74, 6) is 0.629. The second-order valence-electron chi connectivity index (χ2n) is 12.1. The SMILES string of the molecule is c1ccc(-c2nc(-n3c4ccc5ccccc5c4c4cc5c6c(cccc6c43)-c3ccccc3-5)nc3c2oc2ccccc23)cc1. The second kappa shape index (κ2) is 8.68. The molecule has 0 N–H and O–H groups in total. The summed E-state index contributed by atoms with van der Waals surface area (Å²) in [6, 6.07) is 49.4. The molecule has 212 valence electrons. The summed E-state index contributed by atoms with van der Waals surface area (Å²) in [5.41, 5.74) is 11.4. The van der Waals surface area contributed by atoms with Gasteiger partial charge in [0.05, 0.1) is 11.0 Å². The van der Waals surface area contributed by atoms with Crippen molar-refractivity contribution in [1.29, 1.82) is 0 Å². The number of para-hydroxylation sites is 1. The maximum Gasteiger partial charge on any atom is 0.236 e. The van der Waals surface area contributed by atoms with E-state index in [0.29, 0.717) is 11.5 Å². The van der Waals surface area contributed by atoms with Gasteiger partial charge < -0.3 is 4.42 Å². The van der Waals surface area contributed by atoms with Gasteiger partial charge in [0.2, 0.25) is 5.95 Å². The summed E-state index contributed by atoms with van der Waals surface area (Å²) in [4.78, 5) is 10.7. The summed E-state index contributed by atoms with van der Waals surface area (Å²) >= 11 is 0. The number of nitrogens with zero attached hydrogens (tertiary/aromatic N) is 3. The number of hydrogen-bond donors (Lipinski definition) is 0. The monoisotopic (exact) mass is 585 g/mol. The number of hydrogen-bond acceptors (Lipinski definition) is 3. The topological polar surface area (TPSA) is 43.9 Å². The highest BCUT2D eigenvalue weighted by Crippen LogP contribution is 2.51. The Morgan fingerprint density at radius 1 is 0.500 bits per heavy atom. The number of aromatic nitrogens is 3. The maximum atomic E-state index is 6.45. The third-order valence-corrected chi connectivity index (χ3v) is 9.74. The molecule has 7 aromatic carbocycles. The quantitative estimate of drug-likeness (QED) is 0.203. The van der Waals surface area contributed by atoms with E-state index in [1.54, 1.807) is 0 Å². The summed E-state index contributed by atoms with van der Waals surface area (Å²) < 4.78 is 8.74. The molecule has 0 atom stereocenters. The van der Waals surface area contributed by atoms with Crippen molar-refractivity contribution in [3.8, 4) is 39.5 Å². The molecule has 0 bridgehead atoms. The fourth-order valence-electron chi connectivity index (χ4n) is 7.82. The molecule has 0 fully saturated rings. The minimum absolute atomic E-state index is 0.629. The van der Waals surface area contributed by atoms with Crippen molar-refractivity contribution in [2.45, 2.75) is 0 Å². The van der Waals surface area contributed by atoms with E-state index < -0.39 is 0 Å². The summed E-state index contributed by atoms with van der Waals surface area (Å²) in [7, 11) is 0. The van der Waals surface area contributed by atoms with Gasteiger partial charge in [-0.25, -0.2) is 9.97 Å². The Kier molecular flexibility index (Phi) is 4.55. The Labute approximate surface area is 262 Å². The van der Waals surface area contributed by atoms with Crippen molar-refractivity contribution in [3.63, 3.8) is 0 Å². The highest BCUT2D eigenvalue weighted by atomic mass is 16.3. The Balaban J connectivity index is 1.37. The zero-order chi connectivity index (χ0) is 29.9. The van der Waals surface area contributed by atoms with Crippen LogP contribution < -0.4 is 0 Å². The predicted octanol–water partition coefficient (Wildman–Crippen LogP) is 11.1. The molecule has 0 saturated heterocycles. The minimum atomic E-state index is 0.629. The molecule has 11 rings (SSSR count). The standard InChI is InChI=1S/C42H23N3O/c1-2-12-25(13-3-1)38-41-39(30-17-8-9-20-35(30)46-41)44-42(43-38)45-34-22-21-24-11-4-5-14-26(24)37(34)33-23-32-28-16-7-6-15-27(28)29-18-10-19-31(36(29)32)40(33)45/h1-23H. The molecule has 46 heavy (non-hydrogen) atoms. The lowest BCUT2D eigenvalue weighted by Crippen LogP contribution is -2.03. The van der Waals surface area contributed by atoms with Crippen LogP contribution in [0, 0.1) is 0 Å². The van der Waals surface area contributed by atoms with Crippen LogP contribution >= 0.6 is 0 Å². The largest absolute Gasteiger partial charge is 0.452 e. The number of benzene rings is 7. The lowest BCUT2D eigenvalue weighted by molar-refractivity contribution is 0.666. The van der Waals surface area contributed by atoms with Crippen molar-refractivity contribution >= 4 is 65.4 Å². The molecule has 3 aromatic heterocycles. The lowest BCUT2D eigenvalue weighted by Gasteiger charge is -2.11. The third kappa shape index (κ3) is 3.03. The van der Waals surface area contributed by atoms with Gasteiger partial charge in [-0.2, -0.15) is 0 Å². The number of furan rings is 1. The zero-order valence-corrected chi connectivity index (χ0v) is 24.5. The molecule has 0 saturated carbocycles. The molecule has 10 aromatic rings. The first-order chi connectivity index (χ1) is 22.8. The van der Waals surface area contributed by atoms with Gasteiger partial charge in [-0.15, -0.1) is 0 Å². The molecular formula is C42H23N3O. The van der Waals surface area contributed by atoms with E-state index in [4.69, 9.17) is 14.4 Å². The van der Waals surface area contributed by atoms with E-state index >= 15 is 0 Å². The lowest BCUT2D eigenvalue weighted by atomic mass is 9.97. The van der Waals surface area contributed by atoms with Crippen LogP contribution in [-0.4, -0.2) is 14.5 Å². The Morgan fingerprint density at radius 3 is 2.11 bits per heavy atom. The van der Waals surface area contributed by atoms with Crippen molar-refractivity contribution in [1.82, 2.24) is 14.5 Å². The molecule has 3 heterocycles. The minimum Gasteiger partial charge on any atom is -0.452 e. The van der Waals surface area contributed by atoms with Gasteiger partial charge in [-0.3, -0.25) is 4.57 Å².